The molecule has 0 aromatic carbocycles. The highest BCUT2D eigenvalue weighted by Crippen LogP contribution is 2.04. The Bertz CT molecular complexity index is 379. The third-order valence-electron chi connectivity index (χ3n) is 2.36. The summed E-state index contributed by atoms with van der Waals surface area (Å²) in [6.07, 6.45) is 3.58. The zero-order chi connectivity index (χ0) is 12.7. The van der Waals surface area contributed by atoms with Gasteiger partial charge in [0.05, 0.1) is 13.5 Å². The molecule has 17 heavy (non-hydrogen) atoms. The molecule has 0 spiro atoms. The first-order valence-electron chi connectivity index (χ1n) is 5.34. The van der Waals surface area contributed by atoms with Crippen LogP contribution in [0.5, 0.6) is 0 Å². The number of methoxy groups -OCH3 is 1. The summed E-state index contributed by atoms with van der Waals surface area (Å²) in [5.74, 6) is -0.389. The van der Waals surface area contributed by atoms with Crippen LogP contribution in [0, 0.1) is 0 Å². The minimum absolute atomic E-state index is 0.0715. The number of ether oxygens (including phenoxy) is 1. The van der Waals surface area contributed by atoms with E-state index in [1.165, 1.54) is 14.0 Å². The summed E-state index contributed by atoms with van der Waals surface area (Å²) >= 11 is 0. The van der Waals surface area contributed by atoms with Gasteiger partial charge in [0.15, 0.2) is 0 Å². The monoisotopic (exact) mass is 236 g/mol. The van der Waals surface area contributed by atoms with Gasteiger partial charge in [-0.15, -0.1) is 0 Å². The van der Waals surface area contributed by atoms with Gasteiger partial charge in [0, 0.05) is 32.4 Å². The predicted molar refractivity (Wildman–Crippen MR) is 62.0 cm³/mol. The molecular weight excluding hydrogens is 220 g/mol. The molecule has 0 unspecified atom stereocenters. The predicted octanol–water partition coefficient (Wildman–Crippen LogP) is 0.993. The molecule has 1 aromatic heterocycles. The van der Waals surface area contributed by atoms with Crippen LogP contribution in [0.4, 0.5) is 0 Å². The molecule has 0 fully saturated rings. The van der Waals surface area contributed by atoms with Gasteiger partial charge in [-0.05, 0) is 11.6 Å². The Labute approximate surface area is 100 Å². The third kappa shape index (κ3) is 4.63. The van der Waals surface area contributed by atoms with E-state index >= 15 is 0 Å². The molecule has 92 valence electrons. The van der Waals surface area contributed by atoms with Gasteiger partial charge in [-0.1, -0.05) is 6.07 Å². The van der Waals surface area contributed by atoms with E-state index < -0.39 is 0 Å². The number of hydrogen-bond acceptors (Lipinski definition) is 4. The molecule has 0 radical (unpaired) electrons. The second kappa shape index (κ2) is 6.62. The summed E-state index contributed by atoms with van der Waals surface area (Å²) in [5, 5.41) is 0. The summed E-state index contributed by atoms with van der Waals surface area (Å²) in [7, 11) is 1.33. The SMILES string of the molecule is COC(=O)CCN(Cc1cccnc1)C(C)=O. The average Bonchev–Trinajstić information content (AvgIpc) is 2.34. The molecule has 0 saturated heterocycles. The van der Waals surface area contributed by atoms with Crippen LogP contribution in [0.2, 0.25) is 0 Å². The van der Waals surface area contributed by atoms with E-state index in [9.17, 15) is 9.59 Å². The van der Waals surface area contributed by atoms with Gasteiger partial charge in [0.2, 0.25) is 5.91 Å². The second-order valence-electron chi connectivity index (χ2n) is 3.63. The summed E-state index contributed by atoms with van der Waals surface area (Å²) in [6, 6.07) is 3.70. The van der Waals surface area contributed by atoms with Crippen molar-refractivity contribution in [2.75, 3.05) is 13.7 Å². The van der Waals surface area contributed by atoms with Gasteiger partial charge < -0.3 is 9.64 Å². The molecule has 1 amide bonds. The lowest BCUT2D eigenvalue weighted by molar-refractivity contribution is -0.141. The lowest BCUT2D eigenvalue weighted by Crippen LogP contribution is -2.30. The van der Waals surface area contributed by atoms with Crippen LogP contribution in [-0.4, -0.2) is 35.4 Å². The van der Waals surface area contributed by atoms with Crippen LogP contribution < -0.4 is 0 Å². The van der Waals surface area contributed by atoms with Crippen LogP contribution in [0.1, 0.15) is 18.9 Å². The number of amides is 1. The van der Waals surface area contributed by atoms with Crippen molar-refractivity contribution < 1.29 is 14.3 Å². The molecule has 1 heterocycles. The number of nitrogens with zero attached hydrogens (tertiary/aromatic N) is 2. The summed E-state index contributed by atoms with van der Waals surface area (Å²) in [4.78, 5) is 28.0. The van der Waals surface area contributed by atoms with Gasteiger partial charge in [-0.25, -0.2) is 0 Å². The van der Waals surface area contributed by atoms with E-state index in [1.807, 2.05) is 12.1 Å². The standard InChI is InChI=1S/C12H16N2O3/c1-10(15)14(7-5-12(16)17-2)9-11-4-3-6-13-8-11/h3-4,6,8H,5,7,9H2,1-2H3. The fourth-order valence-corrected chi connectivity index (χ4v) is 1.39. The Morgan fingerprint density at radius 2 is 2.24 bits per heavy atom. The molecule has 1 rings (SSSR count). The molecule has 0 saturated carbocycles. The summed E-state index contributed by atoms with van der Waals surface area (Å²) in [6.45, 7) is 2.30. The van der Waals surface area contributed by atoms with Crippen molar-refractivity contribution in [2.24, 2.45) is 0 Å². The first-order chi connectivity index (χ1) is 8.13. The van der Waals surface area contributed by atoms with E-state index in [-0.39, 0.29) is 18.3 Å². The molecule has 5 nitrogen and oxygen atoms in total. The normalized spacial score (nSPS) is 9.76. The molecule has 0 bridgehead atoms. The van der Waals surface area contributed by atoms with Crippen molar-refractivity contribution in [3.63, 3.8) is 0 Å². The average molecular weight is 236 g/mol. The number of aromatic nitrogens is 1. The van der Waals surface area contributed by atoms with E-state index in [0.29, 0.717) is 13.1 Å². The van der Waals surface area contributed by atoms with Crippen LogP contribution in [0.3, 0.4) is 0 Å². The summed E-state index contributed by atoms with van der Waals surface area (Å²) < 4.78 is 4.54. The summed E-state index contributed by atoms with van der Waals surface area (Å²) in [5.41, 5.74) is 0.938. The maximum Gasteiger partial charge on any atom is 0.307 e. The Morgan fingerprint density at radius 1 is 1.47 bits per heavy atom. The highest BCUT2D eigenvalue weighted by molar-refractivity contribution is 5.74. The fraction of sp³-hybridized carbons (Fsp3) is 0.417. The van der Waals surface area contributed by atoms with E-state index in [4.69, 9.17) is 0 Å². The Hall–Kier alpha value is -1.91. The van der Waals surface area contributed by atoms with Crippen molar-refractivity contribution in [3.8, 4) is 0 Å². The smallest absolute Gasteiger partial charge is 0.307 e. The molecule has 1 aromatic rings. The fourth-order valence-electron chi connectivity index (χ4n) is 1.39. The van der Waals surface area contributed by atoms with Gasteiger partial charge >= 0.3 is 5.97 Å². The number of esters is 1. The number of hydrogen-bond donors (Lipinski definition) is 0. The number of carbonyl (C=O) groups is 2. The maximum absolute atomic E-state index is 11.4. The Balaban J connectivity index is 2.55. The Kier molecular flexibility index (Phi) is 5.13. The number of carbonyl (C=O) groups excluding carboxylic acids is 2. The lowest BCUT2D eigenvalue weighted by atomic mass is 10.2. The van der Waals surface area contributed by atoms with Crippen molar-refractivity contribution in [3.05, 3.63) is 30.1 Å². The second-order valence-corrected chi connectivity index (χ2v) is 3.63. The van der Waals surface area contributed by atoms with Crippen molar-refractivity contribution >= 4 is 11.9 Å². The minimum atomic E-state index is -0.317. The molecule has 0 atom stereocenters. The maximum atomic E-state index is 11.4. The molecule has 0 aliphatic heterocycles. The topological polar surface area (TPSA) is 59.5 Å². The van der Waals surface area contributed by atoms with E-state index in [2.05, 4.69) is 9.72 Å². The zero-order valence-electron chi connectivity index (χ0n) is 10.0. The minimum Gasteiger partial charge on any atom is -0.469 e. The van der Waals surface area contributed by atoms with Gasteiger partial charge in [-0.3, -0.25) is 14.6 Å². The van der Waals surface area contributed by atoms with Crippen molar-refractivity contribution in [1.29, 1.82) is 0 Å². The van der Waals surface area contributed by atoms with Crippen LogP contribution in [0.25, 0.3) is 0 Å². The van der Waals surface area contributed by atoms with E-state index in [1.54, 1.807) is 17.3 Å². The van der Waals surface area contributed by atoms with Crippen molar-refractivity contribution in [1.82, 2.24) is 9.88 Å². The first-order valence-corrected chi connectivity index (χ1v) is 5.34. The molecular formula is C12H16N2O3. The first kappa shape index (κ1) is 13.2. The van der Waals surface area contributed by atoms with Gasteiger partial charge in [0.1, 0.15) is 0 Å². The number of rotatable bonds is 5. The van der Waals surface area contributed by atoms with Crippen LogP contribution in [0.15, 0.2) is 24.5 Å². The largest absolute Gasteiger partial charge is 0.469 e. The highest BCUT2D eigenvalue weighted by Gasteiger charge is 2.11. The highest BCUT2D eigenvalue weighted by atomic mass is 16.5. The molecule has 0 aliphatic rings. The number of pyridine rings is 1. The van der Waals surface area contributed by atoms with Crippen LogP contribution >= 0.6 is 0 Å². The van der Waals surface area contributed by atoms with Crippen LogP contribution in [-0.2, 0) is 20.9 Å². The molecule has 5 heteroatoms. The lowest BCUT2D eigenvalue weighted by Gasteiger charge is -2.20. The van der Waals surface area contributed by atoms with Gasteiger partial charge in [-0.2, -0.15) is 0 Å². The zero-order valence-corrected chi connectivity index (χ0v) is 10.0. The molecule has 0 N–H and O–H groups in total. The Morgan fingerprint density at radius 3 is 2.76 bits per heavy atom. The van der Waals surface area contributed by atoms with Crippen molar-refractivity contribution in [2.45, 2.75) is 19.9 Å². The van der Waals surface area contributed by atoms with E-state index in [0.717, 1.165) is 5.56 Å². The molecule has 0 aliphatic carbocycles. The third-order valence-corrected chi connectivity index (χ3v) is 2.36. The van der Waals surface area contributed by atoms with Gasteiger partial charge in [0.25, 0.3) is 0 Å². The quantitative estimate of drug-likeness (QED) is 0.715.